The fourth-order valence-electron chi connectivity index (χ4n) is 3.34. The maximum Gasteiger partial charge on any atom is 0.410 e. The number of benzene rings is 1. The second kappa shape index (κ2) is 8.27. The van der Waals surface area contributed by atoms with E-state index in [0.717, 1.165) is 5.56 Å². The minimum absolute atomic E-state index is 0.180. The Hall–Kier alpha value is -3.82. The van der Waals surface area contributed by atoms with E-state index in [2.05, 4.69) is 25.8 Å². The molecule has 30 heavy (non-hydrogen) atoms. The lowest BCUT2D eigenvalue weighted by Gasteiger charge is -2.16. The molecular weight excluding hydrogens is 388 g/mol. The molecule has 1 aromatic carbocycles. The highest BCUT2D eigenvalue weighted by Gasteiger charge is 2.25. The van der Waals surface area contributed by atoms with Gasteiger partial charge in [0.05, 0.1) is 42.8 Å². The van der Waals surface area contributed by atoms with Crippen LogP contribution in [-0.4, -0.2) is 52.5 Å². The standard InChI is InChI=1S/C20H22N6O4/c1-12(13-6-4-3-5-7-13)21-19(27)23-16-10-14-17(18(29-2)25-24-14)15(22-16)11-26-8-9-30-20(26)28/h3-7,10,12H,8-9,11H2,1-2H3,(H,24,25)(H2,21,22,23,27)/t12-/m1/s1. The van der Waals surface area contributed by atoms with E-state index in [1.165, 1.54) is 12.0 Å². The molecule has 156 valence electrons. The number of hydrogen-bond donors (Lipinski definition) is 3. The number of ether oxygens (including phenoxy) is 2. The van der Waals surface area contributed by atoms with Crippen molar-refractivity contribution in [2.24, 2.45) is 0 Å². The predicted molar refractivity (Wildman–Crippen MR) is 109 cm³/mol. The Morgan fingerprint density at radius 1 is 1.37 bits per heavy atom. The van der Waals surface area contributed by atoms with Crippen LogP contribution < -0.4 is 15.4 Å². The molecule has 10 heteroatoms. The van der Waals surface area contributed by atoms with Gasteiger partial charge in [0.25, 0.3) is 0 Å². The Morgan fingerprint density at radius 2 is 2.17 bits per heavy atom. The zero-order valence-corrected chi connectivity index (χ0v) is 16.6. The van der Waals surface area contributed by atoms with Crippen LogP contribution in [0, 0.1) is 0 Å². The summed E-state index contributed by atoms with van der Waals surface area (Å²) in [6.07, 6.45) is -0.403. The molecule has 1 aliphatic heterocycles. The summed E-state index contributed by atoms with van der Waals surface area (Å²) in [6.45, 7) is 2.91. The number of methoxy groups -OCH3 is 1. The zero-order valence-electron chi connectivity index (χ0n) is 16.6. The number of cyclic esters (lactones) is 1. The Bertz CT molecular complexity index is 1070. The van der Waals surface area contributed by atoms with Crippen molar-refractivity contribution in [2.45, 2.75) is 19.5 Å². The smallest absolute Gasteiger partial charge is 0.410 e. The van der Waals surface area contributed by atoms with Crippen LogP contribution in [0.25, 0.3) is 10.9 Å². The normalized spacial score (nSPS) is 14.5. The van der Waals surface area contributed by atoms with E-state index < -0.39 is 12.1 Å². The van der Waals surface area contributed by atoms with Crippen molar-refractivity contribution in [1.29, 1.82) is 0 Å². The Kier molecular flexibility index (Phi) is 5.38. The fourth-order valence-corrected chi connectivity index (χ4v) is 3.34. The van der Waals surface area contributed by atoms with Gasteiger partial charge in [-0.2, -0.15) is 0 Å². The van der Waals surface area contributed by atoms with Crippen LogP contribution in [0.2, 0.25) is 0 Å². The number of anilines is 1. The maximum atomic E-state index is 12.5. The summed E-state index contributed by atoms with van der Waals surface area (Å²) in [5.74, 6) is 0.697. The molecule has 0 bridgehead atoms. The first kappa shape index (κ1) is 19.5. The molecule has 3 heterocycles. The largest absolute Gasteiger partial charge is 0.479 e. The van der Waals surface area contributed by atoms with Crippen LogP contribution in [0.4, 0.5) is 15.4 Å². The topological polar surface area (TPSA) is 121 Å². The first-order valence-corrected chi connectivity index (χ1v) is 9.51. The molecule has 2 aromatic heterocycles. The average Bonchev–Trinajstić information content (AvgIpc) is 3.34. The number of aromatic nitrogens is 3. The first-order valence-electron chi connectivity index (χ1n) is 9.51. The number of carbonyl (C=O) groups is 2. The van der Waals surface area contributed by atoms with Crippen LogP contribution in [0.5, 0.6) is 5.88 Å². The summed E-state index contributed by atoms with van der Waals surface area (Å²) in [6, 6.07) is 10.7. The molecule has 1 atom stereocenters. The van der Waals surface area contributed by atoms with Gasteiger partial charge in [0, 0.05) is 6.07 Å². The average molecular weight is 410 g/mol. The number of hydrogen-bond acceptors (Lipinski definition) is 6. The quantitative estimate of drug-likeness (QED) is 0.574. The van der Waals surface area contributed by atoms with Gasteiger partial charge in [0.2, 0.25) is 5.88 Å². The maximum absolute atomic E-state index is 12.5. The molecular formula is C20H22N6O4. The molecule has 3 N–H and O–H groups in total. The minimum Gasteiger partial charge on any atom is -0.479 e. The van der Waals surface area contributed by atoms with Crippen molar-refractivity contribution in [3.63, 3.8) is 0 Å². The summed E-state index contributed by atoms with van der Waals surface area (Å²) < 4.78 is 10.3. The van der Waals surface area contributed by atoms with Crippen molar-refractivity contribution < 1.29 is 19.1 Å². The number of nitrogens with zero attached hydrogens (tertiary/aromatic N) is 3. The molecule has 3 aromatic rings. The van der Waals surface area contributed by atoms with E-state index in [4.69, 9.17) is 9.47 Å². The third-order valence-corrected chi connectivity index (χ3v) is 4.85. The van der Waals surface area contributed by atoms with Gasteiger partial charge in [0.1, 0.15) is 12.4 Å². The SMILES string of the molecule is COc1n[nH]c2cc(NC(=O)N[C@H](C)c3ccccc3)nc(CN3CCOC3=O)c12. The molecule has 0 unspecified atom stereocenters. The summed E-state index contributed by atoms with van der Waals surface area (Å²) >= 11 is 0. The highest BCUT2D eigenvalue weighted by atomic mass is 16.6. The number of rotatable bonds is 6. The number of aromatic amines is 1. The number of carbonyl (C=O) groups excluding carboxylic acids is 2. The summed E-state index contributed by atoms with van der Waals surface area (Å²) in [5, 5.41) is 13.3. The highest BCUT2D eigenvalue weighted by molar-refractivity contribution is 5.93. The second-order valence-electron chi connectivity index (χ2n) is 6.88. The summed E-state index contributed by atoms with van der Waals surface area (Å²) in [4.78, 5) is 30.4. The molecule has 1 aliphatic rings. The van der Waals surface area contributed by atoms with Crippen molar-refractivity contribution in [2.75, 3.05) is 25.6 Å². The van der Waals surface area contributed by atoms with Gasteiger partial charge in [0.15, 0.2) is 0 Å². The van der Waals surface area contributed by atoms with Gasteiger partial charge in [-0.15, -0.1) is 5.10 Å². The number of amides is 3. The van der Waals surface area contributed by atoms with Gasteiger partial charge in [-0.3, -0.25) is 15.3 Å². The van der Waals surface area contributed by atoms with Gasteiger partial charge < -0.3 is 14.8 Å². The molecule has 1 fully saturated rings. The predicted octanol–water partition coefficient (Wildman–Crippen LogP) is 2.80. The first-order chi connectivity index (χ1) is 14.5. The Balaban J connectivity index is 1.56. The molecule has 0 spiro atoms. The Morgan fingerprint density at radius 3 is 2.87 bits per heavy atom. The van der Waals surface area contributed by atoms with Crippen molar-refractivity contribution in [3.8, 4) is 5.88 Å². The summed E-state index contributed by atoms with van der Waals surface area (Å²) in [5.41, 5.74) is 2.17. The van der Waals surface area contributed by atoms with Gasteiger partial charge in [-0.25, -0.2) is 14.6 Å². The molecule has 4 rings (SSSR count). The fraction of sp³-hybridized carbons (Fsp3) is 0.300. The van der Waals surface area contributed by atoms with Crippen molar-refractivity contribution in [3.05, 3.63) is 47.7 Å². The van der Waals surface area contributed by atoms with E-state index in [-0.39, 0.29) is 12.6 Å². The van der Waals surface area contributed by atoms with E-state index in [0.29, 0.717) is 41.4 Å². The number of pyridine rings is 1. The van der Waals surface area contributed by atoms with E-state index in [1.54, 1.807) is 6.07 Å². The molecule has 0 aliphatic carbocycles. The lowest BCUT2D eigenvalue weighted by Crippen LogP contribution is -2.31. The number of nitrogens with one attached hydrogen (secondary N) is 3. The zero-order chi connectivity index (χ0) is 21.1. The van der Waals surface area contributed by atoms with E-state index in [9.17, 15) is 9.59 Å². The van der Waals surface area contributed by atoms with Crippen LogP contribution >= 0.6 is 0 Å². The third-order valence-electron chi connectivity index (χ3n) is 4.85. The monoisotopic (exact) mass is 410 g/mol. The molecule has 1 saturated heterocycles. The van der Waals surface area contributed by atoms with Crippen molar-refractivity contribution in [1.82, 2.24) is 25.4 Å². The lowest BCUT2D eigenvalue weighted by molar-refractivity contribution is 0.157. The van der Waals surface area contributed by atoms with Crippen LogP contribution in [-0.2, 0) is 11.3 Å². The second-order valence-corrected chi connectivity index (χ2v) is 6.88. The Labute approximate surface area is 172 Å². The molecule has 0 radical (unpaired) electrons. The van der Waals surface area contributed by atoms with Gasteiger partial charge in [-0.1, -0.05) is 30.3 Å². The third kappa shape index (κ3) is 3.97. The number of H-pyrrole nitrogens is 1. The molecule has 3 amide bonds. The van der Waals surface area contributed by atoms with Crippen LogP contribution in [0.15, 0.2) is 36.4 Å². The molecule has 0 saturated carbocycles. The van der Waals surface area contributed by atoms with Crippen LogP contribution in [0.3, 0.4) is 0 Å². The van der Waals surface area contributed by atoms with Gasteiger partial charge >= 0.3 is 12.1 Å². The van der Waals surface area contributed by atoms with E-state index >= 15 is 0 Å². The number of urea groups is 1. The minimum atomic E-state index is -0.403. The van der Waals surface area contributed by atoms with Crippen molar-refractivity contribution >= 4 is 28.8 Å². The molecule has 10 nitrogen and oxygen atoms in total. The number of fused-ring (bicyclic) bond motifs is 1. The summed E-state index contributed by atoms with van der Waals surface area (Å²) in [7, 11) is 1.51. The lowest BCUT2D eigenvalue weighted by atomic mass is 10.1. The van der Waals surface area contributed by atoms with Crippen LogP contribution in [0.1, 0.15) is 24.2 Å². The van der Waals surface area contributed by atoms with Gasteiger partial charge in [-0.05, 0) is 12.5 Å². The van der Waals surface area contributed by atoms with E-state index in [1.807, 2.05) is 37.3 Å². The highest BCUT2D eigenvalue weighted by Crippen LogP contribution is 2.29.